The van der Waals surface area contributed by atoms with Gasteiger partial charge in [-0.15, -0.1) is 0 Å². The van der Waals surface area contributed by atoms with Gasteiger partial charge in [-0.3, -0.25) is 0 Å². The molecule has 0 bridgehead atoms. The molecule has 2 atom stereocenters. The zero-order valence-electron chi connectivity index (χ0n) is 18.1. The van der Waals surface area contributed by atoms with Gasteiger partial charge in [0.2, 0.25) is 0 Å². The lowest BCUT2D eigenvalue weighted by Crippen LogP contribution is -1.98. The average molecular weight is 359 g/mol. The normalized spacial score (nSPS) is 13.2. The van der Waals surface area contributed by atoms with Crippen molar-refractivity contribution in [3.8, 4) is 0 Å². The van der Waals surface area contributed by atoms with Gasteiger partial charge in [-0.1, -0.05) is 110 Å². The molecule has 0 radical (unpaired) electrons. The van der Waals surface area contributed by atoms with Crippen molar-refractivity contribution in [2.45, 2.75) is 149 Å². The molecule has 2 N–H and O–H groups in total. The van der Waals surface area contributed by atoms with Gasteiger partial charge in [0.05, 0.1) is 12.2 Å². The Morgan fingerprint density at radius 1 is 0.440 bits per heavy atom. The summed E-state index contributed by atoms with van der Waals surface area (Å²) in [5.41, 5.74) is 0. The molecule has 2 heteroatoms. The molecule has 0 amide bonds. The molecule has 0 saturated heterocycles. The molecule has 0 aromatic carbocycles. The fraction of sp³-hybridized carbons (Fsp3) is 1.00. The van der Waals surface area contributed by atoms with E-state index in [0.29, 0.717) is 0 Å². The minimum Gasteiger partial charge on any atom is -0.393 e. The van der Waals surface area contributed by atoms with E-state index in [1.54, 1.807) is 0 Å². The van der Waals surface area contributed by atoms with Gasteiger partial charge in [0.25, 0.3) is 0 Å². The van der Waals surface area contributed by atoms with Crippen LogP contribution in [0.2, 0.25) is 0 Å². The molecule has 0 aromatic heterocycles. The molecule has 0 aliphatic heterocycles. The molecule has 0 rings (SSSR count). The first-order valence-electron chi connectivity index (χ1n) is 11.4. The van der Waals surface area contributed by atoms with Crippen LogP contribution in [0.4, 0.5) is 0 Å². The number of aliphatic hydroxyl groups excluding tert-OH is 2. The lowest BCUT2D eigenvalue weighted by Gasteiger charge is -2.03. The number of hydrogen-bond donors (Lipinski definition) is 2. The van der Waals surface area contributed by atoms with Crippen LogP contribution in [0.3, 0.4) is 0 Å². The summed E-state index contributed by atoms with van der Waals surface area (Å²) in [6.45, 7) is 8.24. The Hall–Kier alpha value is -0.0800. The fourth-order valence-electron chi connectivity index (χ4n) is 2.97. The van der Waals surface area contributed by atoms with Crippen LogP contribution in [0, 0.1) is 0 Å². The molecule has 0 fully saturated rings. The molecular weight excluding hydrogens is 308 g/mol. The van der Waals surface area contributed by atoms with Crippen molar-refractivity contribution in [1.82, 2.24) is 0 Å². The van der Waals surface area contributed by atoms with Crippen molar-refractivity contribution in [2.24, 2.45) is 0 Å². The molecule has 0 aromatic rings. The van der Waals surface area contributed by atoms with Crippen molar-refractivity contribution < 1.29 is 10.2 Å². The van der Waals surface area contributed by atoms with Crippen molar-refractivity contribution >= 4 is 0 Å². The van der Waals surface area contributed by atoms with E-state index >= 15 is 0 Å². The molecule has 0 saturated carbocycles. The SMILES string of the molecule is CCCCCCCCCC(C)O.CCCCCCCCCCC(C)O. The first-order chi connectivity index (χ1) is 12.0. The second kappa shape index (κ2) is 23.9. The van der Waals surface area contributed by atoms with Crippen LogP contribution in [-0.2, 0) is 0 Å². The van der Waals surface area contributed by atoms with Crippen molar-refractivity contribution in [2.75, 3.05) is 0 Å². The number of aliphatic hydroxyl groups is 2. The van der Waals surface area contributed by atoms with Crippen molar-refractivity contribution in [3.05, 3.63) is 0 Å². The number of rotatable bonds is 17. The second-order valence-electron chi connectivity index (χ2n) is 7.87. The first kappa shape index (κ1) is 27.1. The maximum Gasteiger partial charge on any atom is 0.0512 e. The maximum absolute atomic E-state index is 9.03. The molecule has 0 spiro atoms. The largest absolute Gasteiger partial charge is 0.393 e. The van der Waals surface area contributed by atoms with E-state index in [-0.39, 0.29) is 12.2 Å². The molecule has 154 valence electrons. The summed E-state index contributed by atoms with van der Waals surface area (Å²) in [5, 5.41) is 18.0. The molecule has 25 heavy (non-hydrogen) atoms. The smallest absolute Gasteiger partial charge is 0.0512 e. The monoisotopic (exact) mass is 358 g/mol. The third-order valence-corrected chi connectivity index (χ3v) is 4.70. The summed E-state index contributed by atoms with van der Waals surface area (Å²) in [4.78, 5) is 0. The van der Waals surface area contributed by atoms with Crippen LogP contribution in [-0.4, -0.2) is 22.4 Å². The fourth-order valence-corrected chi connectivity index (χ4v) is 2.97. The van der Waals surface area contributed by atoms with E-state index in [4.69, 9.17) is 10.2 Å². The highest BCUT2D eigenvalue weighted by Gasteiger charge is 1.96. The van der Waals surface area contributed by atoms with E-state index in [2.05, 4.69) is 13.8 Å². The second-order valence-corrected chi connectivity index (χ2v) is 7.87. The lowest BCUT2D eigenvalue weighted by molar-refractivity contribution is 0.180. The minimum atomic E-state index is -0.0971. The Labute approximate surface area is 159 Å². The minimum absolute atomic E-state index is 0.0966. The molecule has 2 unspecified atom stereocenters. The van der Waals surface area contributed by atoms with Gasteiger partial charge < -0.3 is 10.2 Å². The Kier molecular flexibility index (Phi) is 26.0. The van der Waals surface area contributed by atoms with Crippen LogP contribution in [0.5, 0.6) is 0 Å². The van der Waals surface area contributed by atoms with E-state index < -0.39 is 0 Å². The zero-order chi connectivity index (χ0) is 19.2. The van der Waals surface area contributed by atoms with E-state index in [1.165, 1.54) is 96.3 Å². The van der Waals surface area contributed by atoms with Gasteiger partial charge in [0.1, 0.15) is 0 Å². The van der Waals surface area contributed by atoms with Crippen molar-refractivity contribution in [3.63, 3.8) is 0 Å². The van der Waals surface area contributed by atoms with Gasteiger partial charge >= 0.3 is 0 Å². The predicted molar refractivity (Wildman–Crippen MR) is 113 cm³/mol. The topological polar surface area (TPSA) is 40.5 Å². The first-order valence-corrected chi connectivity index (χ1v) is 11.4. The maximum atomic E-state index is 9.03. The highest BCUT2D eigenvalue weighted by molar-refractivity contribution is 4.50. The van der Waals surface area contributed by atoms with Crippen LogP contribution in [0.15, 0.2) is 0 Å². The summed E-state index contributed by atoms with van der Waals surface area (Å²) in [6, 6.07) is 0. The molecule has 2 nitrogen and oxygen atoms in total. The summed E-state index contributed by atoms with van der Waals surface area (Å²) in [5.74, 6) is 0. The van der Waals surface area contributed by atoms with E-state index in [9.17, 15) is 0 Å². The van der Waals surface area contributed by atoms with Gasteiger partial charge in [0, 0.05) is 0 Å². The van der Waals surface area contributed by atoms with Gasteiger partial charge in [-0.05, 0) is 26.7 Å². The summed E-state index contributed by atoms with van der Waals surface area (Å²) >= 11 is 0. The Morgan fingerprint density at radius 2 is 0.680 bits per heavy atom. The Morgan fingerprint density at radius 3 is 0.920 bits per heavy atom. The standard InChI is InChI=1S/C12H26O.C11H24O/c1-3-4-5-6-7-8-9-10-11-12(2)13;1-3-4-5-6-7-8-9-10-11(2)12/h12-13H,3-11H2,1-2H3;11-12H,3-10H2,1-2H3. The van der Waals surface area contributed by atoms with Crippen molar-refractivity contribution in [1.29, 1.82) is 0 Å². The van der Waals surface area contributed by atoms with Crippen LogP contribution in [0.25, 0.3) is 0 Å². The quantitative estimate of drug-likeness (QED) is 0.266. The number of unbranched alkanes of at least 4 members (excludes halogenated alkanes) is 13. The highest BCUT2D eigenvalue weighted by atomic mass is 16.3. The van der Waals surface area contributed by atoms with E-state index in [1.807, 2.05) is 13.8 Å². The summed E-state index contributed by atoms with van der Waals surface area (Å²) in [6.07, 6.45) is 21.9. The van der Waals surface area contributed by atoms with E-state index in [0.717, 1.165) is 12.8 Å². The molecule has 0 heterocycles. The van der Waals surface area contributed by atoms with Crippen LogP contribution in [0.1, 0.15) is 137 Å². The third-order valence-electron chi connectivity index (χ3n) is 4.70. The third kappa shape index (κ3) is 32.1. The summed E-state index contributed by atoms with van der Waals surface area (Å²) < 4.78 is 0. The molecular formula is C23H50O2. The Balaban J connectivity index is 0. The van der Waals surface area contributed by atoms with Gasteiger partial charge in [-0.2, -0.15) is 0 Å². The number of hydrogen-bond acceptors (Lipinski definition) is 2. The zero-order valence-corrected chi connectivity index (χ0v) is 18.1. The molecule has 0 aliphatic rings. The highest BCUT2D eigenvalue weighted by Crippen LogP contribution is 2.10. The predicted octanol–water partition coefficient (Wildman–Crippen LogP) is 7.41. The Bertz CT molecular complexity index is 214. The molecule has 0 aliphatic carbocycles. The van der Waals surface area contributed by atoms with Gasteiger partial charge in [-0.25, -0.2) is 0 Å². The summed E-state index contributed by atoms with van der Waals surface area (Å²) in [7, 11) is 0. The van der Waals surface area contributed by atoms with Crippen LogP contribution >= 0.6 is 0 Å². The average Bonchev–Trinajstić information content (AvgIpc) is 2.56. The van der Waals surface area contributed by atoms with Crippen LogP contribution < -0.4 is 0 Å². The van der Waals surface area contributed by atoms with Gasteiger partial charge in [0.15, 0.2) is 0 Å². The lowest BCUT2D eigenvalue weighted by atomic mass is 10.1.